The van der Waals surface area contributed by atoms with Crippen LogP contribution in [0.15, 0.2) is 35.5 Å². The van der Waals surface area contributed by atoms with Crippen LogP contribution in [0.25, 0.3) is 0 Å². The fourth-order valence-electron chi connectivity index (χ4n) is 1.28. The van der Waals surface area contributed by atoms with E-state index in [1.165, 1.54) is 18.4 Å². The summed E-state index contributed by atoms with van der Waals surface area (Å²) in [4.78, 5) is 0. The first-order valence-electron chi connectivity index (χ1n) is 4.36. The Kier molecular flexibility index (Phi) is 3.15. The molecule has 0 aliphatic heterocycles. The monoisotopic (exact) mass is 148 g/mol. The Bertz CT molecular complexity index is 204. The zero-order chi connectivity index (χ0) is 8.10. The fourth-order valence-corrected chi connectivity index (χ4v) is 1.28. The number of allylic oxidation sites excluding steroid dienone is 6. The van der Waals surface area contributed by atoms with Gasteiger partial charge < -0.3 is 0 Å². The molecule has 0 saturated heterocycles. The summed E-state index contributed by atoms with van der Waals surface area (Å²) in [6.07, 6.45) is 12.5. The van der Waals surface area contributed by atoms with Gasteiger partial charge in [0.25, 0.3) is 0 Å². The van der Waals surface area contributed by atoms with Crippen LogP contribution >= 0.6 is 0 Å². The van der Waals surface area contributed by atoms with Gasteiger partial charge in [-0.15, -0.1) is 0 Å². The van der Waals surface area contributed by atoms with E-state index in [9.17, 15) is 0 Å². The van der Waals surface area contributed by atoms with Crippen molar-refractivity contribution in [3.05, 3.63) is 35.5 Å². The Balaban J connectivity index is 2.43. The second-order valence-corrected chi connectivity index (χ2v) is 2.91. The summed E-state index contributed by atoms with van der Waals surface area (Å²) >= 11 is 0. The van der Waals surface area contributed by atoms with E-state index in [4.69, 9.17) is 0 Å². The van der Waals surface area contributed by atoms with E-state index >= 15 is 0 Å². The van der Waals surface area contributed by atoms with Crippen molar-refractivity contribution in [2.24, 2.45) is 0 Å². The van der Waals surface area contributed by atoms with Crippen molar-refractivity contribution in [3.8, 4) is 0 Å². The largest absolute Gasteiger partial charge is 0.0913 e. The molecule has 0 unspecified atom stereocenters. The molecule has 0 aromatic carbocycles. The molecular formula is C11H16. The Labute approximate surface area is 69.3 Å². The molecule has 0 nitrogen and oxygen atoms in total. The lowest BCUT2D eigenvalue weighted by Crippen LogP contribution is -1.71. The molecule has 0 heteroatoms. The molecule has 0 aromatic heterocycles. The molecule has 11 heavy (non-hydrogen) atoms. The number of hydrogen-bond acceptors (Lipinski definition) is 0. The number of hydrogen-bond donors (Lipinski definition) is 0. The molecular weight excluding hydrogens is 132 g/mol. The minimum absolute atomic E-state index is 1.11. The van der Waals surface area contributed by atoms with Gasteiger partial charge in [0, 0.05) is 0 Å². The number of rotatable bonds is 3. The van der Waals surface area contributed by atoms with Gasteiger partial charge in [0.05, 0.1) is 0 Å². The van der Waals surface area contributed by atoms with Gasteiger partial charge in [0.1, 0.15) is 0 Å². The summed E-state index contributed by atoms with van der Waals surface area (Å²) in [5.41, 5.74) is 3.06. The molecule has 0 fully saturated rings. The van der Waals surface area contributed by atoms with Gasteiger partial charge >= 0.3 is 0 Å². The smallest absolute Gasteiger partial charge is 0.0101 e. The zero-order valence-corrected chi connectivity index (χ0v) is 7.43. The quantitative estimate of drug-likeness (QED) is 0.536. The van der Waals surface area contributed by atoms with E-state index in [1.807, 2.05) is 0 Å². The van der Waals surface area contributed by atoms with Crippen molar-refractivity contribution in [2.75, 3.05) is 0 Å². The van der Waals surface area contributed by atoms with Gasteiger partial charge in [-0.1, -0.05) is 36.8 Å². The molecule has 1 rings (SSSR count). The maximum atomic E-state index is 2.33. The van der Waals surface area contributed by atoms with Gasteiger partial charge in [-0.2, -0.15) is 0 Å². The molecule has 0 N–H and O–H groups in total. The first-order chi connectivity index (χ1) is 5.36. The van der Waals surface area contributed by atoms with E-state index in [2.05, 4.69) is 38.2 Å². The first-order valence-corrected chi connectivity index (χ1v) is 4.36. The van der Waals surface area contributed by atoms with Crippen molar-refractivity contribution in [1.82, 2.24) is 0 Å². The molecule has 0 amide bonds. The standard InChI is InChI=1S/C11H16/c1-3-5-6-11-8-7-10(4-2)9-11/h3,5,8-9H,4,6-7H2,1-2H3. The minimum atomic E-state index is 1.11. The molecule has 0 bridgehead atoms. The molecule has 0 spiro atoms. The Morgan fingerprint density at radius 2 is 2.36 bits per heavy atom. The van der Waals surface area contributed by atoms with E-state index in [0.29, 0.717) is 0 Å². The van der Waals surface area contributed by atoms with Crippen LogP contribution in [-0.2, 0) is 0 Å². The average molecular weight is 148 g/mol. The SMILES string of the molecule is CC=CCC1=CCC(CC)=C1. The summed E-state index contributed by atoms with van der Waals surface area (Å²) in [6.45, 7) is 4.29. The van der Waals surface area contributed by atoms with Gasteiger partial charge in [-0.05, 0) is 31.8 Å². The summed E-state index contributed by atoms with van der Waals surface area (Å²) in [5, 5.41) is 0. The molecule has 0 heterocycles. The van der Waals surface area contributed by atoms with Crippen LogP contribution in [0.1, 0.15) is 33.1 Å². The highest BCUT2D eigenvalue weighted by Gasteiger charge is 2.02. The molecule has 0 saturated carbocycles. The van der Waals surface area contributed by atoms with Crippen molar-refractivity contribution in [3.63, 3.8) is 0 Å². The highest BCUT2D eigenvalue weighted by atomic mass is 14.1. The molecule has 0 radical (unpaired) electrons. The fraction of sp³-hybridized carbons (Fsp3) is 0.455. The van der Waals surface area contributed by atoms with E-state index in [0.717, 1.165) is 6.42 Å². The lowest BCUT2D eigenvalue weighted by molar-refractivity contribution is 1.05. The van der Waals surface area contributed by atoms with Gasteiger partial charge in [-0.3, -0.25) is 0 Å². The average Bonchev–Trinajstić information content (AvgIpc) is 2.48. The summed E-state index contributed by atoms with van der Waals surface area (Å²) in [6, 6.07) is 0. The van der Waals surface area contributed by atoms with Crippen molar-refractivity contribution in [1.29, 1.82) is 0 Å². The maximum absolute atomic E-state index is 2.33. The second-order valence-electron chi connectivity index (χ2n) is 2.91. The van der Waals surface area contributed by atoms with Crippen LogP contribution in [0, 0.1) is 0 Å². The van der Waals surface area contributed by atoms with Crippen molar-refractivity contribution in [2.45, 2.75) is 33.1 Å². The molecule has 1 aliphatic carbocycles. The third kappa shape index (κ3) is 2.38. The van der Waals surface area contributed by atoms with Crippen molar-refractivity contribution < 1.29 is 0 Å². The first kappa shape index (κ1) is 8.32. The Morgan fingerprint density at radius 1 is 1.55 bits per heavy atom. The molecule has 60 valence electrons. The topological polar surface area (TPSA) is 0 Å². The molecule has 0 atom stereocenters. The summed E-state index contributed by atoms with van der Waals surface area (Å²) < 4.78 is 0. The van der Waals surface area contributed by atoms with Crippen LogP contribution in [0.3, 0.4) is 0 Å². The third-order valence-corrected chi connectivity index (χ3v) is 2.06. The maximum Gasteiger partial charge on any atom is -0.0101 e. The van der Waals surface area contributed by atoms with Gasteiger partial charge in [0.15, 0.2) is 0 Å². The minimum Gasteiger partial charge on any atom is -0.0913 e. The second kappa shape index (κ2) is 4.17. The van der Waals surface area contributed by atoms with Gasteiger partial charge in [0.2, 0.25) is 0 Å². The van der Waals surface area contributed by atoms with Crippen LogP contribution < -0.4 is 0 Å². The van der Waals surface area contributed by atoms with Crippen LogP contribution in [-0.4, -0.2) is 0 Å². The van der Waals surface area contributed by atoms with E-state index in [1.54, 1.807) is 5.57 Å². The molecule has 0 aromatic rings. The van der Waals surface area contributed by atoms with Crippen molar-refractivity contribution >= 4 is 0 Å². The highest BCUT2D eigenvalue weighted by molar-refractivity contribution is 5.33. The predicted molar refractivity (Wildman–Crippen MR) is 50.5 cm³/mol. The highest BCUT2D eigenvalue weighted by Crippen LogP contribution is 2.22. The molecule has 1 aliphatic rings. The lowest BCUT2D eigenvalue weighted by atomic mass is 10.2. The van der Waals surface area contributed by atoms with Crippen LogP contribution in [0.2, 0.25) is 0 Å². The summed E-state index contributed by atoms with van der Waals surface area (Å²) in [7, 11) is 0. The van der Waals surface area contributed by atoms with Crippen LogP contribution in [0.4, 0.5) is 0 Å². The Morgan fingerprint density at radius 3 is 2.91 bits per heavy atom. The zero-order valence-electron chi connectivity index (χ0n) is 7.43. The Hall–Kier alpha value is -0.780. The van der Waals surface area contributed by atoms with Gasteiger partial charge in [-0.25, -0.2) is 0 Å². The van der Waals surface area contributed by atoms with E-state index in [-0.39, 0.29) is 0 Å². The predicted octanol–water partition coefficient (Wildman–Crippen LogP) is 3.62. The third-order valence-electron chi connectivity index (χ3n) is 2.06. The normalized spacial score (nSPS) is 17.3. The van der Waals surface area contributed by atoms with E-state index < -0.39 is 0 Å². The summed E-state index contributed by atoms with van der Waals surface area (Å²) in [5.74, 6) is 0. The lowest BCUT2D eigenvalue weighted by Gasteiger charge is -1.91. The van der Waals surface area contributed by atoms with Crippen LogP contribution in [0.5, 0.6) is 0 Å².